The molecule has 0 saturated heterocycles. The lowest BCUT2D eigenvalue weighted by Crippen LogP contribution is -2.38. The van der Waals surface area contributed by atoms with Gasteiger partial charge in [0.05, 0.1) is 6.10 Å². The molecule has 0 fully saturated rings. The average Bonchev–Trinajstić information content (AvgIpc) is 2.47. The zero-order chi connectivity index (χ0) is 14.4. The van der Waals surface area contributed by atoms with Gasteiger partial charge in [-0.1, -0.05) is 36.4 Å². The second-order valence-corrected chi connectivity index (χ2v) is 5.17. The second-order valence-electron chi connectivity index (χ2n) is 5.17. The van der Waals surface area contributed by atoms with Crippen molar-refractivity contribution >= 4 is 0 Å². The zero-order valence-corrected chi connectivity index (χ0v) is 12.1. The van der Waals surface area contributed by atoms with E-state index in [4.69, 9.17) is 0 Å². The predicted molar refractivity (Wildman–Crippen MR) is 81.4 cm³/mol. The third kappa shape index (κ3) is 4.15. The van der Waals surface area contributed by atoms with Crippen LogP contribution in [0.5, 0.6) is 0 Å². The fourth-order valence-corrected chi connectivity index (χ4v) is 2.14. The van der Waals surface area contributed by atoms with E-state index in [1.54, 1.807) is 6.20 Å². The van der Waals surface area contributed by atoms with Crippen molar-refractivity contribution in [2.75, 3.05) is 0 Å². The van der Waals surface area contributed by atoms with Gasteiger partial charge in [0.1, 0.15) is 0 Å². The van der Waals surface area contributed by atoms with Gasteiger partial charge in [-0.05, 0) is 37.5 Å². The summed E-state index contributed by atoms with van der Waals surface area (Å²) in [6.07, 6.45) is 2.07. The quantitative estimate of drug-likeness (QED) is 0.847. The number of nitrogens with one attached hydrogen (secondary N) is 1. The maximum atomic E-state index is 10.2. The number of aryl methyl sites for hydroxylation is 1. The third-order valence-corrected chi connectivity index (χ3v) is 3.60. The van der Waals surface area contributed by atoms with Crippen molar-refractivity contribution in [3.63, 3.8) is 0 Å². The maximum Gasteiger partial charge on any atom is 0.0730 e. The first kappa shape index (κ1) is 14.7. The van der Waals surface area contributed by atoms with E-state index in [1.165, 1.54) is 5.56 Å². The number of aromatic nitrogens is 1. The molecule has 0 aliphatic carbocycles. The van der Waals surface area contributed by atoms with E-state index in [0.29, 0.717) is 6.42 Å². The third-order valence-electron chi connectivity index (χ3n) is 3.60. The lowest BCUT2D eigenvalue weighted by atomic mass is 10.0. The molecule has 0 aliphatic rings. The van der Waals surface area contributed by atoms with Gasteiger partial charge in [-0.2, -0.15) is 0 Å². The summed E-state index contributed by atoms with van der Waals surface area (Å²) in [4.78, 5) is 4.27. The highest BCUT2D eigenvalue weighted by Crippen LogP contribution is 2.08. The SMILES string of the molecule is Cc1ncccc1CNC(C)C(O)Cc1ccccc1. The Morgan fingerprint density at radius 3 is 2.60 bits per heavy atom. The van der Waals surface area contributed by atoms with E-state index >= 15 is 0 Å². The topological polar surface area (TPSA) is 45.2 Å². The first-order chi connectivity index (χ1) is 9.66. The van der Waals surface area contributed by atoms with Crippen LogP contribution < -0.4 is 5.32 Å². The van der Waals surface area contributed by atoms with Crippen LogP contribution >= 0.6 is 0 Å². The van der Waals surface area contributed by atoms with Gasteiger partial charge in [-0.15, -0.1) is 0 Å². The highest BCUT2D eigenvalue weighted by molar-refractivity contribution is 5.18. The number of aliphatic hydroxyl groups is 1. The number of hydrogen-bond acceptors (Lipinski definition) is 3. The van der Waals surface area contributed by atoms with Crippen molar-refractivity contribution < 1.29 is 5.11 Å². The van der Waals surface area contributed by atoms with E-state index in [2.05, 4.69) is 16.4 Å². The van der Waals surface area contributed by atoms with E-state index in [1.807, 2.05) is 50.2 Å². The van der Waals surface area contributed by atoms with Crippen LogP contribution in [0.2, 0.25) is 0 Å². The van der Waals surface area contributed by atoms with Crippen LogP contribution in [-0.2, 0) is 13.0 Å². The lowest BCUT2D eigenvalue weighted by Gasteiger charge is -2.21. The van der Waals surface area contributed by atoms with Crippen LogP contribution in [0, 0.1) is 6.92 Å². The van der Waals surface area contributed by atoms with Gasteiger partial charge < -0.3 is 10.4 Å². The van der Waals surface area contributed by atoms with Gasteiger partial charge in [0.2, 0.25) is 0 Å². The Kier molecular flexibility index (Phi) is 5.27. The molecule has 0 amide bonds. The Hall–Kier alpha value is -1.71. The molecule has 2 atom stereocenters. The molecule has 0 spiro atoms. The van der Waals surface area contributed by atoms with Crippen LogP contribution in [0.4, 0.5) is 0 Å². The number of nitrogens with zero attached hydrogens (tertiary/aromatic N) is 1. The summed E-state index contributed by atoms with van der Waals surface area (Å²) in [6, 6.07) is 14.1. The van der Waals surface area contributed by atoms with Crippen LogP contribution in [0.15, 0.2) is 48.7 Å². The van der Waals surface area contributed by atoms with Crippen molar-refractivity contribution in [2.45, 2.75) is 39.0 Å². The molecule has 20 heavy (non-hydrogen) atoms. The van der Waals surface area contributed by atoms with Crippen LogP contribution in [-0.4, -0.2) is 22.2 Å². The summed E-state index contributed by atoms with van der Waals surface area (Å²) in [5, 5.41) is 13.6. The summed E-state index contributed by atoms with van der Waals surface area (Å²) < 4.78 is 0. The van der Waals surface area contributed by atoms with E-state index in [-0.39, 0.29) is 6.04 Å². The molecule has 1 heterocycles. The largest absolute Gasteiger partial charge is 0.391 e. The second kappa shape index (κ2) is 7.17. The van der Waals surface area contributed by atoms with Crippen molar-refractivity contribution in [1.82, 2.24) is 10.3 Å². The van der Waals surface area contributed by atoms with Gasteiger partial charge in [0.15, 0.2) is 0 Å². The number of benzene rings is 1. The molecule has 0 bridgehead atoms. The monoisotopic (exact) mass is 270 g/mol. The van der Waals surface area contributed by atoms with Crippen molar-refractivity contribution in [1.29, 1.82) is 0 Å². The van der Waals surface area contributed by atoms with Gasteiger partial charge in [-0.25, -0.2) is 0 Å². The Bertz CT molecular complexity index is 528. The molecule has 2 N–H and O–H groups in total. The molecule has 2 unspecified atom stereocenters. The smallest absolute Gasteiger partial charge is 0.0730 e. The van der Waals surface area contributed by atoms with Crippen LogP contribution in [0.1, 0.15) is 23.7 Å². The normalized spacial score (nSPS) is 13.9. The fourth-order valence-electron chi connectivity index (χ4n) is 2.14. The number of hydrogen-bond donors (Lipinski definition) is 2. The lowest BCUT2D eigenvalue weighted by molar-refractivity contribution is 0.134. The first-order valence-corrected chi connectivity index (χ1v) is 7.02. The highest BCUT2D eigenvalue weighted by Gasteiger charge is 2.14. The van der Waals surface area contributed by atoms with Crippen molar-refractivity contribution in [3.8, 4) is 0 Å². The molecule has 2 rings (SSSR count). The molecule has 1 aromatic heterocycles. The minimum absolute atomic E-state index is 0.0369. The van der Waals surface area contributed by atoms with E-state index < -0.39 is 6.10 Å². The summed E-state index contributed by atoms with van der Waals surface area (Å²) in [5.74, 6) is 0. The molecule has 0 radical (unpaired) electrons. The van der Waals surface area contributed by atoms with Gasteiger partial charge in [0, 0.05) is 24.5 Å². The molecule has 106 valence electrons. The van der Waals surface area contributed by atoms with E-state index in [9.17, 15) is 5.11 Å². The summed E-state index contributed by atoms with van der Waals surface area (Å²) >= 11 is 0. The predicted octanol–water partition coefficient (Wildman–Crippen LogP) is 2.47. The minimum Gasteiger partial charge on any atom is -0.391 e. The van der Waals surface area contributed by atoms with E-state index in [0.717, 1.165) is 17.8 Å². The van der Waals surface area contributed by atoms with Crippen molar-refractivity contribution in [2.24, 2.45) is 0 Å². The van der Waals surface area contributed by atoms with Gasteiger partial charge in [-0.3, -0.25) is 4.98 Å². The fraction of sp³-hybridized carbons (Fsp3) is 0.353. The Labute approximate surface area is 120 Å². The first-order valence-electron chi connectivity index (χ1n) is 7.02. The Balaban J connectivity index is 1.85. The Morgan fingerprint density at radius 1 is 1.15 bits per heavy atom. The number of rotatable bonds is 6. The summed E-state index contributed by atoms with van der Waals surface area (Å²) in [6.45, 7) is 4.74. The maximum absolute atomic E-state index is 10.2. The summed E-state index contributed by atoms with van der Waals surface area (Å²) in [7, 11) is 0. The zero-order valence-electron chi connectivity index (χ0n) is 12.1. The van der Waals surface area contributed by atoms with Gasteiger partial charge >= 0.3 is 0 Å². The van der Waals surface area contributed by atoms with Gasteiger partial charge in [0.25, 0.3) is 0 Å². The standard InChI is InChI=1S/C17H22N2O/c1-13-16(9-6-10-18-13)12-19-14(2)17(20)11-15-7-4-3-5-8-15/h3-10,14,17,19-20H,11-12H2,1-2H3. The van der Waals surface area contributed by atoms with Crippen LogP contribution in [0.3, 0.4) is 0 Å². The number of aliphatic hydroxyl groups excluding tert-OH is 1. The molecule has 1 aromatic carbocycles. The molecule has 3 heteroatoms. The molecular formula is C17H22N2O. The molecule has 3 nitrogen and oxygen atoms in total. The molecule has 2 aromatic rings. The minimum atomic E-state index is -0.394. The van der Waals surface area contributed by atoms with Crippen LogP contribution in [0.25, 0.3) is 0 Å². The highest BCUT2D eigenvalue weighted by atomic mass is 16.3. The summed E-state index contributed by atoms with van der Waals surface area (Å²) in [5.41, 5.74) is 3.36. The molecular weight excluding hydrogens is 248 g/mol. The molecule has 0 aliphatic heterocycles. The average molecular weight is 270 g/mol. The van der Waals surface area contributed by atoms with Crippen molar-refractivity contribution in [3.05, 3.63) is 65.5 Å². The molecule has 0 saturated carbocycles. The Morgan fingerprint density at radius 2 is 1.90 bits per heavy atom. The number of pyridine rings is 1.